The first-order valence-electron chi connectivity index (χ1n) is 14.5. The van der Waals surface area contributed by atoms with Gasteiger partial charge in [0.05, 0.1) is 17.0 Å². The average Bonchev–Trinajstić information content (AvgIpc) is 3.75. The van der Waals surface area contributed by atoms with Crippen molar-refractivity contribution < 1.29 is 9.90 Å². The minimum absolute atomic E-state index is 0. The van der Waals surface area contributed by atoms with Gasteiger partial charge in [-0.3, -0.25) is 4.79 Å². The molecule has 0 spiro atoms. The Morgan fingerprint density at radius 3 is 2.38 bits per heavy atom. The monoisotopic (exact) mass is 639 g/mol. The van der Waals surface area contributed by atoms with E-state index in [1.807, 2.05) is 18.2 Å². The summed E-state index contributed by atoms with van der Waals surface area (Å²) in [5, 5.41) is 26.6. The molecule has 0 fully saturated rings. The summed E-state index contributed by atoms with van der Waals surface area (Å²) in [5.74, 6) is 1.52. The molecule has 7 rings (SSSR count). The Labute approximate surface area is 310 Å². The molecule has 2 aliphatic rings. The molecule has 0 saturated carbocycles. The summed E-state index contributed by atoms with van der Waals surface area (Å²) in [5.41, 5.74) is 6.96. The molecule has 2 aromatic heterocycles. The molecule has 1 amide bonds. The normalized spacial score (nSPS) is 15.4. The van der Waals surface area contributed by atoms with Crippen LogP contribution in [0.5, 0.6) is 0 Å². The van der Waals surface area contributed by atoms with Crippen LogP contribution in [-0.4, -0.2) is 112 Å². The Balaban J connectivity index is 0.00000200. The molecule has 220 valence electrons. The molecule has 12 heteroatoms. The Morgan fingerprint density at radius 2 is 1.69 bits per heavy atom. The number of halogens is 1. The Bertz CT molecular complexity index is 1840. The van der Waals surface area contributed by atoms with Crippen LogP contribution < -0.4 is 0 Å². The number of aromatic nitrogens is 6. The molecule has 4 heterocycles. The molecule has 1 atom stereocenters. The third kappa shape index (κ3) is 6.32. The maximum absolute atomic E-state index is 13.6. The number of nitrogens with one attached hydrogen (secondary N) is 1. The second kappa shape index (κ2) is 14.3. The van der Waals surface area contributed by atoms with Crippen LogP contribution in [0.25, 0.3) is 28.1 Å². The van der Waals surface area contributed by atoms with Crippen LogP contribution in [0.3, 0.4) is 0 Å². The van der Waals surface area contributed by atoms with Gasteiger partial charge >= 0.3 is 59.1 Å². The predicted molar refractivity (Wildman–Crippen MR) is 178 cm³/mol. The van der Waals surface area contributed by atoms with E-state index in [0.717, 1.165) is 58.7 Å². The SMILES string of the molecule is CCCCc1nc2c(n1Cc1ccc(-c3ccccc3-c3nnn[nH]3)cc1)C1C(O)=C(c3ccc(Cl)cc3)C(=O)N1CC2.[NaH].[NaH]. The van der Waals surface area contributed by atoms with Crippen molar-refractivity contribution in [2.45, 2.75) is 45.2 Å². The van der Waals surface area contributed by atoms with E-state index in [1.54, 1.807) is 29.2 Å². The van der Waals surface area contributed by atoms with Gasteiger partial charge in [-0.05, 0) is 51.2 Å². The number of unbranched alkanes of at least 4 members (excludes halogenated alkanes) is 1. The first kappa shape index (κ1) is 33.6. The number of carbonyl (C=O) groups is 1. The van der Waals surface area contributed by atoms with E-state index in [0.29, 0.717) is 41.5 Å². The van der Waals surface area contributed by atoms with Gasteiger partial charge in [0.1, 0.15) is 17.6 Å². The van der Waals surface area contributed by atoms with Crippen LogP contribution in [0.1, 0.15) is 54.1 Å². The zero-order valence-electron chi connectivity index (χ0n) is 23.7. The van der Waals surface area contributed by atoms with Gasteiger partial charge in [-0.2, -0.15) is 0 Å². The molecule has 0 radical (unpaired) electrons. The van der Waals surface area contributed by atoms with Gasteiger partial charge in [0.15, 0.2) is 5.82 Å². The van der Waals surface area contributed by atoms with Crippen LogP contribution in [-0.2, 0) is 24.2 Å². The van der Waals surface area contributed by atoms with Crippen LogP contribution in [0.15, 0.2) is 78.6 Å². The number of fused-ring (bicyclic) bond motifs is 3. The Hall–Kier alpha value is -2.76. The number of aliphatic hydroxyl groups excluding tert-OH is 1. The second-order valence-electron chi connectivity index (χ2n) is 11.0. The quantitative estimate of drug-likeness (QED) is 0.234. The van der Waals surface area contributed by atoms with E-state index >= 15 is 0 Å². The van der Waals surface area contributed by atoms with Gasteiger partial charge in [-0.15, -0.1) is 5.10 Å². The summed E-state index contributed by atoms with van der Waals surface area (Å²) in [4.78, 5) is 20.5. The molecule has 9 nitrogen and oxygen atoms in total. The van der Waals surface area contributed by atoms with Gasteiger partial charge in [0.2, 0.25) is 0 Å². The number of amides is 1. The maximum atomic E-state index is 13.6. The van der Waals surface area contributed by atoms with Crippen molar-refractivity contribution in [1.82, 2.24) is 35.1 Å². The Morgan fingerprint density at radius 1 is 0.978 bits per heavy atom. The summed E-state index contributed by atoms with van der Waals surface area (Å²) in [6.07, 6.45) is 3.53. The number of hydrogen-bond acceptors (Lipinski definition) is 6. The van der Waals surface area contributed by atoms with Crippen molar-refractivity contribution in [3.8, 4) is 22.5 Å². The van der Waals surface area contributed by atoms with Gasteiger partial charge in [0.25, 0.3) is 5.91 Å². The zero-order valence-corrected chi connectivity index (χ0v) is 24.4. The molecule has 5 aromatic rings. The number of aliphatic hydroxyl groups is 1. The number of aromatic amines is 1. The third-order valence-electron chi connectivity index (χ3n) is 8.33. The average molecular weight is 640 g/mol. The summed E-state index contributed by atoms with van der Waals surface area (Å²) >= 11 is 6.10. The van der Waals surface area contributed by atoms with E-state index in [1.165, 1.54) is 0 Å². The molecule has 0 saturated heterocycles. The van der Waals surface area contributed by atoms with Crippen molar-refractivity contribution in [3.05, 3.63) is 112 Å². The molecule has 0 bridgehead atoms. The van der Waals surface area contributed by atoms with Crippen molar-refractivity contribution in [3.63, 3.8) is 0 Å². The van der Waals surface area contributed by atoms with Gasteiger partial charge in [-0.1, -0.05) is 85.6 Å². The number of aryl methyl sites for hydroxylation is 1. The fourth-order valence-electron chi connectivity index (χ4n) is 6.22. The van der Waals surface area contributed by atoms with E-state index in [9.17, 15) is 9.90 Å². The Kier molecular flexibility index (Phi) is 10.7. The molecule has 2 N–H and O–H groups in total. The predicted octanol–water partition coefficient (Wildman–Crippen LogP) is 4.89. The standard InChI is InChI=1S/C33H30ClN7O2.2Na.2H/c1-2-3-8-27-35-26-17-18-40-30(31(42)28(33(40)43)22-13-15-23(34)16-14-22)29(26)41(27)19-20-9-11-21(12-10-20)24-6-4-5-7-25(24)32-36-38-39-37-32;;;;/h4-7,9-16,30,42H,2-3,8,17-19H2,1H3,(H,36,37,38,39);;;;. The number of tetrazole rings is 1. The molecule has 1 unspecified atom stereocenters. The van der Waals surface area contributed by atoms with Crippen molar-refractivity contribution >= 4 is 82.2 Å². The molecule has 0 aliphatic carbocycles. The molecular weight excluding hydrogens is 608 g/mol. The zero-order chi connectivity index (χ0) is 29.5. The number of imidazole rings is 1. The van der Waals surface area contributed by atoms with Crippen LogP contribution in [0.4, 0.5) is 0 Å². The number of H-pyrrole nitrogens is 1. The van der Waals surface area contributed by atoms with E-state index in [4.69, 9.17) is 16.6 Å². The summed E-state index contributed by atoms with van der Waals surface area (Å²) in [6.45, 7) is 3.26. The number of carbonyl (C=O) groups excluding carboxylic acids is 1. The van der Waals surface area contributed by atoms with Crippen molar-refractivity contribution in [2.24, 2.45) is 0 Å². The molecule has 3 aromatic carbocycles. The van der Waals surface area contributed by atoms with Crippen LogP contribution >= 0.6 is 11.6 Å². The van der Waals surface area contributed by atoms with Crippen LogP contribution in [0.2, 0.25) is 5.02 Å². The molecule has 45 heavy (non-hydrogen) atoms. The summed E-state index contributed by atoms with van der Waals surface area (Å²) in [6, 6.07) is 23.0. The van der Waals surface area contributed by atoms with E-state index in [-0.39, 0.29) is 70.8 Å². The van der Waals surface area contributed by atoms with Crippen molar-refractivity contribution in [2.75, 3.05) is 6.54 Å². The van der Waals surface area contributed by atoms with Gasteiger partial charge in [-0.25, -0.2) is 10.1 Å². The minimum atomic E-state index is -0.563. The van der Waals surface area contributed by atoms with E-state index < -0.39 is 6.04 Å². The number of rotatable bonds is 8. The second-order valence-corrected chi connectivity index (χ2v) is 11.4. The van der Waals surface area contributed by atoms with Crippen molar-refractivity contribution in [1.29, 1.82) is 0 Å². The van der Waals surface area contributed by atoms with Gasteiger partial charge < -0.3 is 14.6 Å². The van der Waals surface area contributed by atoms with Crippen LogP contribution in [0, 0.1) is 0 Å². The first-order chi connectivity index (χ1) is 21.0. The van der Waals surface area contributed by atoms with Gasteiger partial charge in [0, 0.05) is 36.5 Å². The number of benzene rings is 3. The summed E-state index contributed by atoms with van der Waals surface area (Å²) in [7, 11) is 0. The third-order valence-corrected chi connectivity index (χ3v) is 8.58. The molecular formula is C33H32ClN7Na2O2. The fourth-order valence-corrected chi connectivity index (χ4v) is 6.35. The first-order valence-corrected chi connectivity index (χ1v) is 14.9. The fraction of sp³-hybridized carbons (Fsp3) is 0.242. The number of nitrogens with zero attached hydrogens (tertiary/aromatic N) is 6. The topological polar surface area (TPSA) is 113 Å². The summed E-state index contributed by atoms with van der Waals surface area (Å²) < 4.78 is 2.22. The molecule has 2 aliphatic heterocycles. The van der Waals surface area contributed by atoms with E-state index in [2.05, 4.69) is 62.4 Å². The number of hydrogen-bond donors (Lipinski definition) is 2.